The van der Waals surface area contributed by atoms with Crippen LogP contribution >= 0.6 is 0 Å². The first-order chi connectivity index (χ1) is 9.65. The maximum atomic E-state index is 12.6. The molecule has 2 radical (unpaired) electrons. The van der Waals surface area contributed by atoms with Crippen LogP contribution in [0.15, 0.2) is 48.4 Å². The lowest BCUT2D eigenvalue weighted by Crippen LogP contribution is -2.23. The molecule has 0 saturated heterocycles. The molecule has 3 rings (SSSR count). The molecule has 1 aromatic carbocycles. The number of methoxy groups -OCH3 is 1. The number of carbonyl (C=O) groups excluding carboxylic acids is 2. The van der Waals surface area contributed by atoms with Crippen LogP contribution in [0.25, 0.3) is 5.57 Å². The molecule has 5 heteroatoms. The normalized spacial score (nSPS) is 14.4. The summed E-state index contributed by atoms with van der Waals surface area (Å²) in [6.45, 7) is 0. The molecule has 2 aromatic rings. The van der Waals surface area contributed by atoms with Crippen molar-refractivity contribution in [2.75, 3.05) is 7.11 Å². The molecular formula is C15H10BNO3. The van der Waals surface area contributed by atoms with Gasteiger partial charge in [-0.15, -0.1) is 0 Å². The van der Waals surface area contributed by atoms with Gasteiger partial charge in [-0.3, -0.25) is 9.59 Å². The molecule has 0 saturated carbocycles. The number of nitrogens with zero attached hydrogens (tertiary/aromatic N) is 1. The Kier molecular flexibility index (Phi) is 2.82. The van der Waals surface area contributed by atoms with Gasteiger partial charge in [-0.25, -0.2) is 0 Å². The zero-order valence-electron chi connectivity index (χ0n) is 10.8. The molecule has 0 aliphatic heterocycles. The van der Waals surface area contributed by atoms with Crippen LogP contribution in [0.1, 0.15) is 26.4 Å². The average molecular weight is 263 g/mol. The zero-order valence-corrected chi connectivity index (χ0v) is 10.8. The highest BCUT2D eigenvalue weighted by molar-refractivity contribution is 6.40. The van der Waals surface area contributed by atoms with E-state index in [1.165, 1.54) is 11.6 Å². The number of ketones is 2. The van der Waals surface area contributed by atoms with Crippen LogP contribution in [0.2, 0.25) is 0 Å². The number of hydrogen-bond donors (Lipinski definition) is 0. The Hall–Kier alpha value is -2.56. The van der Waals surface area contributed by atoms with Gasteiger partial charge in [0.15, 0.2) is 11.5 Å². The van der Waals surface area contributed by atoms with Crippen molar-refractivity contribution in [1.29, 1.82) is 0 Å². The molecule has 96 valence electrons. The first-order valence-electron chi connectivity index (χ1n) is 6.04. The number of rotatable bonds is 2. The quantitative estimate of drug-likeness (QED) is 0.777. The van der Waals surface area contributed by atoms with Gasteiger partial charge < -0.3 is 9.21 Å². The average Bonchev–Trinajstić information content (AvgIpc) is 2.88. The molecule has 1 heterocycles. The molecule has 0 bridgehead atoms. The van der Waals surface area contributed by atoms with Gasteiger partial charge in [0.2, 0.25) is 13.8 Å². The topological polar surface area (TPSA) is 48.3 Å². The second-order valence-electron chi connectivity index (χ2n) is 4.41. The number of allylic oxidation sites excluding steroid dienone is 2. The Morgan fingerprint density at radius 3 is 2.20 bits per heavy atom. The molecular weight excluding hydrogens is 253 g/mol. The van der Waals surface area contributed by atoms with Crippen LogP contribution < -0.4 is 0 Å². The number of aromatic nitrogens is 1. The molecule has 1 aliphatic rings. The van der Waals surface area contributed by atoms with Crippen LogP contribution in [0, 0.1) is 0 Å². The Bertz CT molecular complexity index is 758. The molecule has 0 N–H and O–H groups in total. The highest BCUT2D eigenvalue weighted by Crippen LogP contribution is 2.32. The highest BCUT2D eigenvalue weighted by atomic mass is 16.5. The van der Waals surface area contributed by atoms with Crippen LogP contribution in [0.5, 0.6) is 0 Å². The molecule has 0 amide bonds. The number of ether oxygens (including phenoxy) is 1. The summed E-state index contributed by atoms with van der Waals surface area (Å²) in [5.41, 5.74) is 1.38. The summed E-state index contributed by atoms with van der Waals surface area (Å²) in [6.07, 6.45) is 1.61. The first-order valence-corrected chi connectivity index (χ1v) is 6.04. The molecule has 0 fully saturated rings. The second-order valence-corrected chi connectivity index (χ2v) is 4.41. The highest BCUT2D eigenvalue weighted by Gasteiger charge is 2.34. The lowest BCUT2D eigenvalue weighted by atomic mass is 9.86. The number of hydrogen-bond acceptors (Lipinski definition) is 3. The van der Waals surface area contributed by atoms with E-state index in [1.54, 1.807) is 42.6 Å². The van der Waals surface area contributed by atoms with Crippen LogP contribution in [0.4, 0.5) is 0 Å². The van der Waals surface area contributed by atoms with E-state index in [4.69, 9.17) is 12.7 Å². The van der Waals surface area contributed by atoms with Crippen molar-refractivity contribution >= 4 is 25.1 Å². The van der Waals surface area contributed by atoms with Crippen LogP contribution in [-0.4, -0.2) is 31.1 Å². The van der Waals surface area contributed by atoms with Crippen molar-refractivity contribution in [3.05, 3.63) is 65.2 Å². The third kappa shape index (κ3) is 1.63. The fraction of sp³-hybridized carbons (Fsp3) is 0.0667. The first kappa shape index (κ1) is 12.5. The smallest absolute Gasteiger partial charge is 0.234 e. The minimum absolute atomic E-state index is 0.0269. The van der Waals surface area contributed by atoms with Crippen molar-refractivity contribution in [3.63, 3.8) is 0 Å². The molecule has 20 heavy (non-hydrogen) atoms. The van der Waals surface area contributed by atoms with Crippen LogP contribution in [-0.2, 0) is 4.74 Å². The fourth-order valence-corrected chi connectivity index (χ4v) is 2.39. The third-order valence-electron chi connectivity index (χ3n) is 3.32. The van der Waals surface area contributed by atoms with Crippen molar-refractivity contribution in [1.82, 2.24) is 4.48 Å². The summed E-state index contributed by atoms with van der Waals surface area (Å²) < 4.78 is 6.46. The lowest BCUT2D eigenvalue weighted by molar-refractivity contribution is 0.0924. The number of fused-ring (bicyclic) bond motifs is 1. The Labute approximate surface area is 117 Å². The SMILES string of the molecule is [B]n1cccc1C1=C(OC)C(=O)c2ccccc2C1=O. The second kappa shape index (κ2) is 4.52. The van der Waals surface area contributed by atoms with Gasteiger partial charge >= 0.3 is 0 Å². The molecule has 1 aromatic heterocycles. The van der Waals surface area contributed by atoms with E-state index in [0.29, 0.717) is 16.8 Å². The van der Waals surface area contributed by atoms with E-state index >= 15 is 0 Å². The predicted octanol–water partition coefficient (Wildman–Crippen LogP) is 1.86. The van der Waals surface area contributed by atoms with E-state index in [2.05, 4.69) is 0 Å². The van der Waals surface area contributed by atoms with Gasteiger partial charge in [0.1, 0.15) is 0 Å². The van der Waals surface area contributed by atoms with E-state index in [9.17, 15) is 9.59 Å². The molecule has 1 aliphatic carbocycles. The van der Waals surface area contributed by atoms with E-state index in [1.807, 2.05) is 0 Å². The summed E-state index contributed by atoms with van der Waals surface area (Å²) in [4.78, 5) is 25.0. The largest absolute Gasteiger partial charge is 0.492 e. The van der Waals surface area contributed by atoms with Crippen molar-refractivity contribution in [3.8, 4) is 0 Å². The van der Waals surface area contributed by atoms with Gasteiger partial charge in [0.25, 0.3) is 0 Å². The fourth-order valence-electron chi connectivity index (χ4n) is 2.39. The summed E-state index contributed by atoms with van der Waals surface area (Å²) in [5, 5.41) is 0. The minimum atomic E-state index is -0.307. The summed E-state index contributed by atoms with van der Waals surface area (Å²) in [7, 11) is 7.15. The maximum Gasteiger partial charge on any atom is 0.234 e. The zero-order chi connectivity index (χ0) is 14.3. The van der Waals surface area contributed by atoms with E-state index in [-0.39, 0.29) is 22.9 Å². The van der Waals surface area contributed by atoms with E-state index < -0.39 is 0 Å². The molecule has 0 atom stereocenters. The minimum Gasteiger partial charge on any atom is -0.492 e. The predicted molar refractivity (Wildman–Crippen MR) is 74.6 cm³/mol. The Balaban J connectivity index is 2.30. The molecule has 0 spiro atoms. The van der Waals surface area contributed by atoms with Gasteiger partial charge in [-0.2, -0.15) is 0 Å². The summed E-state index contributed by atoms with van der Waals surface area (Å²) in [5.74, 6) is -0.541. The van der Waals surface area contributed by atoms with Gasteiger partial charge in [0.05, 0.1) is 12.7 Å². The van der Waals surface area contributed by atoms with Crippen LogP contribution in [0.3, 0.4) is 0 Å². The monoisotopic (exact) mass is 263 g/mol. The number of carbonyl (C=O) groups is 2. The summed E-state index contributed by atoms with van der Waals surface area (Å²) in [6, 6.07) is 10.1. The van der Waals surface area contributed by atoms with Gasteiger partial charge in [-0.05, 0) is 18.3 Å². The summed E-state index contributed by atoms with van der Waals surface area (Å²) >= 11 is 0. The Morgan fingerprint density at radius 2 is 1.65 bits per heavy atom. The van der Waals surface area contributed by atoms with Gasteiger partial charge in [0, 0.05) is 16.8 Å². The molecule has 0 unspecified atom stereocenters. The van der Waals surface area contributed by atoms with Gasteiger partial charge in [-0.1, -0.05) is 24.3 Å². The lowest BCUT2D eigenvalue weighted by Gasteiger charge is -2.20. The maximum absolute atomic E-state index is 12.6. The van der Waals surface area contributed by atoms with Crippen molar-refractivity contribution in [2.24, 2.45) is 0 Å². The van der Waals surface area contributed by atoms with Crippen molar-refractivity contribution in [2.45, 2.75) is 0 Å². The standard InChI is InChI=1S/C15H10BNO3/c1-20-15-12(11-7-4-8-17(11)16)13(18)9-5-2-3-6-10(9)14(15)19/h2-8H,1H3. The Morgan fingerprint density at radius 1 is 1.00 bits per heavy atom. The third-order valence-corrected chi connectivity index (χ3v) is 3.32. The van der Waals surface area contributed by atoms with E-state index in [0.717, 1.165) is 0 Å². The van der Waals surface area contributed by atoms with Crippen molar-refractivity contribution < 1.29 is 14.3 Å². The number of benzene rings is 1. The molecule has 4 nitrogen and oxygen atoms in total. The number of Topliss-reactive ketones (excluding diaryl/α,β-unsaturated/α-hetero) is 2.